The predicted octanol–water partition coefficient (Wildman–Crippen LogP) is 1.80. The highest BCUT2D eigenvalue weighted by Crippen LogP contribution is 2.17. The minimum Gasteiger partial charge on any atom is -0.384 e. The standard InChI is InChI=1S/C16H16N2O2S/c1-18(11-8-13-6-9-17-10-7-13)16(20)15-5-4-14(21-15)3-2-12-19/h4-7,9-10,19H,8,11-12H2,1H3. The Morgan fingerprint density at radius 3 is 2.81 bits per heavy atom. The van der Waals surface area contributed by atoms with Crippen LogP contribution < -0.4 is 0 Å². The van der Waals surface area contributed by atoms with Crippen molar-refractivity contribution in [1.82, 2.24) is 9.88 Å². The molecule has 0 atom stereocenters. The molecule has 0 aromatic carbocycles. The van der Waals surface area contributed by atoms with Crippen LogP contribution in [0.5, 0.6) is 0 Å². The van der Waals surface area contributed by atoms with Gasteiger partial charge < -0.3 is 10.0 Å². The van der Waals surface area contributed by atoms with E-state index in [9.17, 15) is 4.79 Å². The Bertz CT molecular complexity index is 656. The fourth-order valence-electron chi connectivity index (χ4n) is 1.78. The molecular formula is C16H16N2O2S. The molecule has 2 heterocycles. The molecule has 5 heteroatoms. The van der Waals surface area contributed by atoms with Gasteiger partial charge in [-0.25, -0.2) is 0 Å². The summed E-state index contributed by atoms with van der Waals surface area (Å²) in [7, 11) is 1.79. The molecule has 1 N–H and O–H groups in total. The summed E-state index contributed by atoms with van der Waals surface area (Å²) < 4.78 is 0. The van der Waals surface area contributed by atoms with Crippen LogP contribution in [0.15, 0.2) is 36.7 Å². The molecule has 21 heavy (non-hydrogen) atoms. The maximum atomic E-state index is 12.3. The first kappa shape index (κ1) is 15.2. The predicted molar refractivity (Wildman–Crippen MR) is 83.2 cm³/mol. The number of hydrogen-bond donors (Lipinski definition) is 1. The van der Waals surface area contributed by atoms with Gasteiger partial charge in [0.15, 0.2) is 0 Å². The zero-order valence-corrected chi connectivity index (χ0v) is 12.6. The van der Waals surface area contributed by atoms with Crippen molar-refractivity contribution >= 4 is 17.2 Å². The van der Waals surface area contributed by atoms with E-state index in [1.807, 2.05) is 12.1 Å². The van der Waals surface area contributed by atoms with Gasteiger partial charge in [-0.3, -0.25) is 9.78 Å². The molecule has 0 spiro atoms. The molecular weight excluding hydrogens is 284 g/mol. The van der Waals surface area contributed by atoms with E-state index in [0.29, 0.717) is 11.4 Å². The van der Waals surface area contributed by atoms with Crippen molar-refractivity contribution in [2.24, 2.45) is 0 Å². The van der Waals surface area contributed by atoms with Gasteiger partial charge in [-0.05, 0) is 36.2 Å². The number of amides is 1. The molecule has 0 bridgehead atoms. The van der Waals surface area contributed by atoms with E-state index in [-0.39, 0.29) is 12.5 Å². The Labute approximate surface area is 128 Å². The van der Waals surface area contributed by atoms with Crippen molar-refractivity contribution in [2.45, 2.75) is 6.42 Å². The fourth-order valence-corrected chi connectivity index (χ4v) is 2.66. The van der Waals surface area contributed by atoms with Crippen LogP contribution in [0.1, 0.15) is 20.1 Å². The third-order valence-electron chi connectivity index (χ3n) is 2.94. The Balaban J connectivity index is 1.94. The van der Waals surface area contributed by atoms with E-state index in [2.05, 4.69) is 16.8 Å². The average molecular weight is 300 g/mol. The number of carbonyl (C=O) groups excluding carboxylic acids is 1. The van der Waals surface area contributed by atoms with Crippen LogP contribution in [-0.2, 0) is 6.42 Å². The minimum atomic E-state index is -0.174. The van der Waals surface area contributed by atoms with Crippen molar-refractivity contribution in [3.05, 3.63) is 52.0 Å². The summed E-state index contributed by atoms with van der Waals surface area (Å²) in [6, 6.07) is 7.48. The second-order valence-electron chi connectivity index (χ2n) is 4.46. The Morgan fingerprint density at radius 2 is 2.10 bits per heavy atom. The number of likely N-dealkylation sites (N-methyl/N-ethyl adjacent to an activating group) is 1. The number of aliphatic hydroxyl groups excluding tert-OH is 1. The summed E-state index contributed by atoms with van der Waals surface area (Å²) in [6.07, 6.45) is 4.30. The smallest absolute Gasteiger partial charge is 0.263 e. The highest BCUT2D eigenvalue weighted by molar-refractivity contribution is 7.14. The quantitative estimate of drug-likeness (QED) is 0.876. The number of carbonyl (C=O) groups is 1. The van der Waals surface area contributed by atoms with E-state index < -0.39 is 0 Å². The SMILES string of the molecule is CN(CCc1ccncc1)C(=O)c1ccc(C#CCO)s1. The minimum absolute atomic E-state index is 0.00824. The summed E-state index contributed by atoms with van der Waals surface area (Å²) in [4.78, 5) is 19.4. The van der Waals surface area contributed by atoms with Crippen molar-refractivity contribution in [2.75, 3.05) is 20.2 Å². The van der Waals surface area contributed by atoms with Gasteiger partial charge in [0.05, 0.1) is 9.75 Å². The molecule has 4 nitrogen and oxygen atoms in total. The topological polar surface area (TPSA) is 53.4 Å². The van der Waals surface area contributed by atoms with Gasteiger partial charge in [-0.15, -0.1) is 11.3 Å². The van der Waals surface area contributed by atoms with Crippen LogP contribution in [0.2, 0.25) is 0 Å². The lowest BCUT2D eigenvalue weighted by Crippen LogP contribution is -2.28. The van der Waals surface area contributed by atoms with Gasteiger partial charge in [0.1, 0.15) is 6.61 Å². The first-order valence-corrected chi connectivity index (χ1v) is 7.36. The van der Waals surface area contributed by atoms with Gasteiger partial charge in [-0.1, -0.05) is 11.8 Å². The van der Waals surface area contributed by atoms with Crippen molar-refractivity contribution < 1.29 is 9.90 Å². The summed E-state index contributed by atoms with van der Waals surface area (Å²) in [5, 5.41) is 8.66. The number of aromatic nitrogens is 1. The molecule has 1 amide bonds. The summed E-state index contributed by atoms with van der Waals surface area (Å²) in [5.74, 6) is 5.38. The maximum Gasteiger partial charge on any atom is 0.263 e. The molecule has 0 saturated carbocycles. The monoisotopic (exact) mass is 300 g/mol. The van der Waals surface area contributed by atoms with Gasteiger partial charge >= 0.3 is 0 Å². The number of rotatable bonds is 4. The average Bonchev–Trinajstić information content (AvgIpc) is 2.99. The van der Waals surface area contributed by atoms with Gasteiger partial charge in [-0.2, -0.15) is 0 Å². The number of nitrogens with zero attached hydrogens (tertiary/aromatic N) is 2. The van der Waals surface area contributed by atoms with E-state index >= 15 is 0 Å². The van der Waals surface area contributed by atoms with Gasteiger partial charge in [0, 0.05) is 26.0 Å². The van der Waals surface area contributed by atoms with Crippen LogP contribution in [-0.4, -0.2) is 41.1 Å². The number of hydrogen-bond acceptors (Lipinski definition) is 4. The molecule has 0 fully saturated rings. The number of thiophene rings is 1. The van der Waals surface area contributed by atoms with Crippen LogP contribution in [0.25, 0.3) is 0 Å². The van der Waals surface area contributed by atoms with Crippen LogP contribution in [0, 0.1) is 11.8 Å². The molecule has 0 saturated heterocycles. The Hall–Kier alpha value is -2.16. The van der Waals surface area contributed by atoms with E-state index in [0.717, 1.165) is 16.9 Å². The molecule has 0 aliphatic heterocycles. The number of aliphatic hydroxyl groups is 1. The first-order valence-electron chi connectivity index (χ1n) is 6.54. The molecule has 108 valence electrons. The first-order chi connectivity index (χ1) is 10.2. The van der Waals surface area contributed by atoms with Crippen LogP contribution in [0.3, 0.4) is 0 Å². The highest BCUT2D eigenvalue weighted by Gasteiger charge is 2.13. The van der Waals surface area contributed by atoms with E-state index in [4.69, 9.17) is 5.11 Å². The second-order valence-corrected chi connectivity index (χ2v) is 5.54. The largest absolute Gasteiger partial charge is 0.384 e. The molecule has 2 aromatic rings. The Kier molecular flexibility index (Phi) is 5.50. The third kappa shape index (κ3) is 4.42. The third-order valence-corrected chi connectivity index (χ3v) is 3.93. The number of pyridine rings is 1. The van der Waals surface area contributed by atoms with Crippen molar-refractivity contribution in [3.63, 3.8) is 0 Å². The molecule has 0 unspecified atom stereocenters. The molecule has 2 aromatic heterocycles. The fraction of sp³-hybridized carbons (Fsp3) is 0.250. The maximum absolute atomic E-state index is 12.3. The van der Waals surface area contributed by atoms with E-state index in [1.54, 1.807) is 36.5 Å². The van der Waals surface area contributed by atoms with Crippen molar-refractivity contribution in [3.8, 4) is 11.8 Å². The zero-order chi connectivity index (χ0) is 15.1. The lowest BCUT2D eigenvalue weighted by Gasteiger charge is -2.16. The lowest BCUT2D eigenvalue weighted by molar-refractivity contribution is 0.0801. The Morgan fingerprint density at radius 1 is 1.33 bits per heavy atom. The van der Waals surface area contributed by atoms with Gasteiger partial charge in [0.2, 0.25) is 0 Å². The van der Waals surface area contributed by atoms with Gasteiger partial charge in [0.25, 0.3) is 5.91 Å². The molecule has 0 aliphatic rings. The zero-order valence-electron chi connectivity index (χ0n) is 11.7. The normalized spacial score (nSPS) is 9.81. The summed E-state index contributed by atoms with van der Waals surface area (Å²) >= 11 is 1.35. The summed E-state index contributed by atoms with van der Waals surface area (Å²) in [6.45, 7) is 0.478. The lowest BCUT2D eigenvalue weighted by atomic mass is 10.2. The summed E-state index contributed by atoms with van der Waals surface area (Å²) in [5.41, 5.74) is 1.16. The van der Waals surface area contributed by atoms with Crippen molar-refractivity contribution in [1.29, 1.82) is 0 Å². The van der Waals surface area contributed by atoms with Crippen LogP contribution >= 0.6 is 11.3 Å². The molecule has 0 radical (unpaired) electrons. The second kappa shape index (κ2) is 7.58. The van der Waals surface area contributed by atoms with E-state index in [1.165, 1.54) is 11.3 Å². The highest BCUT2D eigenvalue weighted by atomic mass is 32.1. The van der Waals surface area contributed by atoms with Crippen LogP contribution in [0.4, 0.5) is 0 Å². The molecule has 2 rings (SSSR count). The molecule has 0 aliphatic carbocycles.